The second-order valence-electron chi connectivity index (χ2n) is 6.29. The van der Waals surface area contributed by atoms with E-state index in [9.17, 15) is 0 Å². The maximum atomic E-state index is 8.80. The number of likely N-dealkylation sites (tertiary alicyclic amines) is 1. The van der Waals surface area contributed by atoms with Crippen molar-refractivity contribution < 1.29 is 9.84 Å². The lowest BCUT2D eigenvalue weighted by molar-refractivity contribution is 0.196. The molecule has 2 heterocycles. The number of aromatic nitrogens is 2. The SMILES string of the molecule is Cc1cc(C2CCN(C)CC2)ccc1-n1ccc(OCCO)n1. The van der Waals surface area contributed by atoms with Gasteiger partial charge in [-0.3, -0.25) is 0 Å². The first-order valence-electron chi connectivity index (χ1n) is 8.26. The summed E-state index contributed by atoms with van der Waals surface area (Å²) in [5, 5.41) is 13.2. The van der Waals surface area contributed by atoms with Gasteiger partial charge < -0.3 is 14.7 Å². The summed E-state index contributed by atoms with van der Waals surface area (Å²) in [6, 6.07) is 8.49. The molecule has 0 amide bonds. The van der Waals surface area contributed by atoms with Gasteiger partial charge in [-0.15, -0.1) is 5.10 Å². The lowest BCUT2D eigenvalue weighted by Crippen LogP contribution is -2.29. The fourth-order valence-electron chi connectivity index (χ4n) is 3.20. The molecule has 3 rings (SSSR count). The lowest BCUT2D eigenvalue weighted by Gasteiger charge is -2.29. The third-order valence-electron chi connectivity index (χ3n) is 4.56. The predicted molar refractivity (Wildman–Crippen MR) is 90.4 cm³/mol. The number of ether oxygens (including phenoxy) is 1. The van der Waals surface area contributed by atoms with Gasteiger partial charge in [0.15, 0.2) is 0 Å². The summed E-state index contributed by atoms with van der Waals surface area (Å²) in [5.41, 5.74) is 3.72. The fourth-order valence-corrected chi connectivity index (χ4v) is 3.20. The highest BCUT2D eigenvalue weighted by molar-refractivity contribution is 5.43. The summed E-state index contributed by atoms with van der Waals surface area (Å²) in [6.07, 6.45) is 4.36. The Labute approximate surface area is 137 Å². The van der Waals surface area contributed by atoms with Crippen LogP contribution in [0.3, 0.4) is 0 Å². The number of piperidine rings is 1. The maximum Gasteiger partial charge on any atom is 0.233 e. The smallest absolute Gasteiger partial charge is 0.233 e. The second kappa shape index (κ2) is 7.15. The number of nitrogens with zero attached hydrogens (tertiary/aromatic N) is 3. The van der Waals surface area contributed by atoms with E-state index in [1.54, 1.807) is 0 Å². The summed E-state index contributed by atoms with van der Waals surface area (Å²) in [4.78, 5) is 2.40. The Morgan fingerprint density at radius 3 is 2.74 bits per heavy atom. The highest BCUT2D eigenvalue weighted by atomic mass is 16.5. The molecule has 1 fully saturated rings. The Hall–Kier alpha value is -1.85. The van der Waals surface area contributed by atoms with Gasteiger partial charge in [-0.05, 0) is 63.0 Å². The van der Waals surface area contributed by atoms with Crippen LogP contribution in [-0.4, -0.2) is 53.1 Å². The fraction of sp³-hybridized carbons (Fsp3) is 0.500. The minimum absolute atomic E-state index is 0.00282. The van der Waals surface area contributed by atoms with Crippen LogP contribution in [-0.2, 0) is 0 Å². The average Bonchev–Trinajstić information content (AvgIpc) is 3.02. The average molecular weight is 315 g/mol. The quantitative estimate of drug-likeness (QED) is 0.920. The normalized spacial score (nSPS) is 16.7. The zero-order chi connectivity index (χ0) is 16.2. The van der Waals surface area contributed by atoms with E-state index in [0.717, 1.165) is 5.69 Å². The maximum absolute atomic E-state index is 8.80. The van der Waals surface area contributed by atoms with Gasteiger partial charge in [0.25, 0.3) is 0 Å². The monoisotopic (exact) mass is 315 g/mol. The molecule has 0 spiro atoms. The molecular formula is C18H25N3O2. The molecule has 23 heavy (non-hydrogen) atoms. The number of aliphatic hydroxyl groups excluding tert-OH is 1. The highest BCUT2D eigenvalue weighted by Gasteiger charge is 2.19. The minimum Gasteiger partial charge on any atom is -0.474 e. The summed E-state index contributed by atoms with van der Waals surface area (Å²) in [7, 11) is 2.19. The highest BCUT2D eigenvalue weighted by Crippen LogP contribution is 2.29. The summed E-state index contributed by atoms with van der Waals surface area (Å²) in [5.74, 6) is 1.21. The number of hydrogen-bond acceptors (Lipinski definition) is 4. The van der Waals surface area contributed by atoms with Crippen LogP contribution in [0.2, 0.25) is 0 Å². The molecule has 1 aliphatic rings. The molecule has 1 N–H and O–H groups in total. The Kier molecular flexibility index (Phi) is 4.98. The van der Waals surface area contributed by atoms with Gasteiger partial charge in [-0.1, -0.05) is 12.1 Å². The van der Waals surface area contributed by atoms with Crippen molar-refractivity contribution in [2.75, 3.05) is 33.4 Å². The van der Waals surface area contributed by atoms with E-state index in [2.05, 4.69) is 42.2 Å². The number of benzene rings is 1. The molecule has 0 aliphatic carbocycles. The lowest BCUT2D eigenvalue weighted by atomic mass is 9.88. The topological polar surface area (TPSA) is 50.5 Å². The minimum atomic E-state index is -0.00282. The summed E-state index contributed by atoms with van der Waals surface area (Å²) in [6.45, 7) is 4.75. The van der Waals surface area contributed by atoms with Crippen molar-refractivity contribution in [3.63, 3.8) is 0 Å². The number of aryl methyl sites for hydroxylation is 1. The van der Waals surface area contributed by atoms with Gasteiger partial charge in [-0.2, -0.15) is 0 Å². The van der Waals surface area contributed by atoms with Crippen molar-refractivity contribution in [3.05, 3.63) is 41.6 Å². The Balaban J connectivity index is 1.75. The van der Waals surface area contributed by atoms with Crippen LogP contribution < -0.4 is 4.74 Å². The van der Waals surface area contributed by atoms with Crippen LogP contribution in [0.1, 0.15) is 29.9 Å². The number of aliphatic hydroxyl groups is 1. The molecular weight excluding hydrogens is 290 g/mol. The third kappa shape index (κ3) is 3.74. The number of rotatable bonds is 5. The molecule has 1 aliphatic heterocycles. The van der Waals surface area contributed by atoms with Crippen molar-refractivity contribution in [3.8, 4) is 11.6 Å². The molecule has 0 atom stereocenters. The van der Waals surface area contributed by atoms with E-state index >= 15 is 0 Å². The van der Waals surface area contributed by atoms with E-state index in [4.69, 9.17) is 9.84 Å². The Morgan fingerprint density at radius 2 is 2.04 bits per heavy atom. The summed E-state index contributed by atoms with van der Waals surface area (Å²) < 4.78 is 7.17. The van der Waals surface area contributed by atoms with Gasteiger partial charge in [0.2, 0.25) is 5.88 Å². The van der Waals surface area contributed by atoms with Crippen molar-refractivity contribution in [1.82, 2.24) is 14.7 Å². The molecule has 0 saturated carbocycles. The summed E-state index contributed by atoms with van der Waals surface area (Å²) >= 11 is 0. The molecule has 0 radical (unpaired) electrons. The van der Waals surface area contributed by atoms with Crippen LogP contribution in [0, 0.1) is 6.92 Å². The van der Waals surface area contributed by atoms with E-state index in [1.165, 1.54) is 37.1 Å². The van der Waals surface area contributed by atoms with Gasteiger partial charge in [0.05, 0.1) is 12.3 Å². The second-order valence-corrected chi connectivity index (χ2v) is 6.29. The van der Waals surface area contributed by atoms with E-state index in [1.807, 2.05) is 16.9 Å². The van der Waals surface area contributed by atoms with E-state index in [-0.39, 0.29) is 13.2 Å². The van der Waals surface area contributed by atoms with Crippen molar-refractivity contribution in [2.24, 2.45) is 0 Å². The standard InChI is InChI=1S/C18H25N3O2/c1-14-13-16(15-5-8-20(2)9-6-15)3-4-17(14)21-10-7-18(19-21)23-12-11-22/h3-4,7,10,13,15,22H,5-6,8-9,11-12H2,1-2H3. The van der Waals surface area contributed by atoms with E-state index < -0.39 is 0 Å². The zero-order valence-electron chi connectivity index (χ0n) is 13.9. The van der Waals surface area contributed by atoms with Crippen LogP contribution in [0.4, 0.5) is 0 Å². The van der Waals surface area contributed by atoms with Crippen LogP contribution in [0.5, 0.6) is 5.88 Å². The molecule has 1 aromatic carbocycles. The van der Waals surface area contributed by atoms with Gasteiger partial charge in [-0.25, -0.2) is 4.68 Å². The first kappa shape index (κ1) is 16.0. The number of hydrogen-bond donors (Lipinski definition) is 1. The Morgan fingerprint density at radius 1 is 1.26 bits per heavy atom. The van der Waals surface area contributed by atoms with Crippen LogP contribution in [0.15, 0.2) is 30.5 Å². The molecule has 124 valence electrons. The van der Waals surface area contributed by atoms with Crippen LogP contribution in [0.25, 0.3) is 5.69 Å². The van der Waals surface area contributed by atoms with Crippen molar-refractivity contribution in [2.45, 2.75) is 25.7 Å². The predicted octanol–water partition coefficient (Wildman–Crippen LogP) is 2.36. The molecule has 0 bridgehead atoms. The van der Waals surface area contributed by atoms with Crippen molar-refractivity contribution in [1.29, 1.82) is 0 Å². The third-order valence-corrected chi connectivity index (χ3v) is 4.56. The largest absolute Gasteiger partial charge is 0.474 e. The molecule has 2 aromatic rings. The molecule has 5 nitrogen and oxygen atoms in total. The van der Waals surface area contributed by atoms with Gasteiger partial charge in [0, 0.05) is 12.3 Å². The zero-order valence-corrected chi connectivity index (χ0v) is 13.9. The first-order chi connectivity index (χ1) is 11.2. The van der Waals surface area contributed by atoms with Gasteiger partial charge >= 0.3 is 0 Å². The molecule has 1 saturated heterocycles. The van der Waals surface area contributed by atoms with Crippen molar-refractivity contribution >= 4 is 0 Å². The first-order valence-corrected chi connectivity index (χ1v) is 8.26. The van der Waals surface area contributed by atoms with Crippen LogP contribution >= 0.6 is 0 Å². The Bertz CT molecular complexity index is 645. The van der Waals surface area contributed by atoms with E-state index in [0.29, 0.717) is 11.8 Å². The van der Waals surface area contributed by atoms with Gasteiger partial charge in [0.1, 0.15) is 6.61 Å². The molecule has 1 aromatic heterocycles. The molecule has 5 heteroatoms. The molecule has 0 unspecified atom stereocenters.